The molecule has 80 valence electrons. The Bertz CT molecular complexity index is 235. The van der Waals surface area contributed by atoms with E-state index in [1.165, 1.54) is 11.8 Å². The highest BCUT2D eigenvalue weighted by Crippen LogP contribution is 2.23. The number of thioether (sulfide) groups is 2. The average Bonchev–Trinajstić information content (AvgIpc) is 2.52. The lowest BCUT2D eigenvalue weighted by molar-refractivity contribution is -0.138. The molecule has 1 saturated heterocycles. The zero-order valence-corrected chi connectivity index (χ0v) is 9.49. The summed E-state index contributed by atoms with van der Waals surface area (Å²) >= 11 is 2.90. The van der Waals surface area contributed by atoms with Gasteiger partial charge < -0.3 is 5.11 Å². The third-order valence-electron chi connectivity index (χ3n) is 1.83. The number of carbonyl (C=O) groups excluding carboxylic acids is 1. The van der Waals surface area contributed by atoms with E-state index in [4.69, 9.17) is 5.11 Å². The second-order valence-electron chi connectivity index (χ2n) is 3.01. The Morgan fingerprint density at radius 3 is 2.86 bits per heavy atom. The fraction of sp³-hybridized carbons (Fsp3) is 0.750. The Labute approximate surface area is 91.2 Å². The van der Waals surface area contributed by atoms with Gasteiger partial charge in [0.1, 0.15) is 6.04 Å². The molecule has 1 aliphatic rings. The monoisotopic (exact) mass is 235 g/mol. The molecule has 1 rings (SSSR count). The molecule has 0 bridgehead atoms. The van der Waals surface area contributed by atoms with E-state index < -0.39 is 12.0 Å². The highest BCUT2D eigenvalue weighted by molar-refractivity contribution is 8.13. The van der Waals surface area contributed by atoms with Crippen LogP contribution in [0.2, 0.25) is 0 Å². The van der Waals surface area contributed by atoms with Crippen molar-refractivity contribution in [3.8, 4) is 0 Å². The SMILES string of the molecule is CC(=O)SCCC1N[C@H](C(=O)O)CS1. The van der Waals surface area contributed by atoms with E-state index in [9.17, 15) is 9.59 Å². The topological polar surface area (TPSA) is 66.4 Å². The number of carbonyl (C=O) groups is 2. The molecule has 0 radical (unpaired) electrons. The number of hydrogen-bond donors (Lipinski definition) is 2. The zero-order chi connectivity index (χ0) is 10.6. The van der Waals surface area contributed by atoms with Gasteiger partial charge in [0.05, 0.1) is 5.37 Å². The summed E-state index contributed by atoms with van der Waals surface area (Å²) in [5.74, 6) is 0.580. The van der Waals surface area contributed by atoms with Crippen LogP contribution in [0.5, 0.6) is 0 Å². The predicted molar refractivity (Wildman–Crippen MR) is 58.6 cm³/mol. The Balaban J connectivity index is 2.16. The first-order valence-corrected chi connectivity index (χ1v) is 6.37. The maximum Gasteiger partial charge on any atom is 0.321 e. The smallest absolute Gasteiger partial charge is 0.321 e. The minimum Gasteiger partial charge on any atom is -0.480 e. The van der Waals surface area contributed by atoms with Gasteiger partial charge in [-0.05, 0) is 6.42 Å². The molecular formula is C8H13NO3S2. The molecule has 0 aromatic rings. The van der Waals surface area contributed by atoms with E-state index in [0.717, 1.165) is 12.2 Å². The number of aliphatic carboxylic acids is 1. The lowest BCUT2D eigenvalue weighted by Crippen LogP contribution is -2.36. The molecule has 4 nitrogen and oxygen atoms in total. The number of nitrogens with one attached hydrogen (secondary N) is 1. The molecule has 0 spiro atoms. The van der Waals surface area contributed by atoms with Crippen LogP contribution in [0, 0.1) is 0 Å². The molecule has 6 heteroatoms. The van der Waals surface area contributed by atoms with E-state index in [0.29, 0.717) is 5.75 Å². The van der Waals surface area contributed by atoms with Crippen LogP contribution >= 0.6 is 23.5 Å². The van der Waals surface area contributed by atoms with E-state index in [2.05, 4.69) is 5.32 Å². The van der Waals surface area contributed by atoms with Gasteiger partial charge >= 0.3 is 5.97 Å². The number of carboxylic acids is 1. The minimum atomic E-state index is -0.792. The van der Waals surface area contributed by atoms with Crippen molar-refractivity contribution in [3.63, 3.8) is 0 Å². The van der Waals surface area contributed by atoms with Crippen LogP contribution in [-0.2, 0) is 9.59 Å². The van der Waals surface area contributed by atoms with Crippen molar-refractivity contribution in [3.05, 3.63) is 0 Å². The molecule has 0 aliphatic carbocycles. The summed E-state index contributed by atoms with van der Waals surface area (Å²) in [6.07, 6.45) is 0.832. The second-order valence-corrected chi connectivity index (χ2v) is 5.52. The van der Waals surface area contributed by atoms with E-state index in [1.807, 2.05) is 0 Å². The van der Waals surface area contributed by atoms with Crippen molar-refractivity contribution in [2.24, 2.45) is 0 Å². The molecule has 14 heavy (non-hydrogen) atoms. The highest BCUT2D eigenvalue weighted by Gasteiger charge is 2.28. The van der Waals surface area contributed by atoms with E-state index in [-0.39, 0.29) is 10.5 Å². The molecular weight excluding hydrogens is 222 g/mol. The van der Waals surface area contributed by atoms with Crippen molar-refractivity contribution < 1.29 is 14.7 Å². The normalized spacial score (nSPS) is 26.4. The first-order valence-electron chi connectivity index (χ1n) is 4.33. The van der Waals surface area contributed by atoms with Gasteiger partial charge in [0, 0.05) is 18.4 Å². The molecule has 1 unspecified atom stereocenters. The van der Waals surface area contributed by atoms with Gasteiger partial charge in [-0.1, -0.05) is 11.8 Å². The van der Waals surface area contributed by atoms with E-state index >= 15 is 0 Å². The van der Waals surface area contributed by atoms with Gasteiger partial charge in [0.15, 0.2) is 5.12 Å². The van der Waals surface area contributed by atoms with Crippen LogP contribution in [0.15, 0.2) is 0 Å². The van der Waals surface area contributed by atoms with Crippen LogP contribution < -0.4 is 5.32 Å². The third-order valence-corrected chi connectivity index (χ3v) is 3.98. The maximum atomic E-state index is 10.6. The highest BCUT2D eigenvalue weighted by atomic mass is 32.2. The fourth-order valence-electron chi connectivity index (χ4n) is 1.15. The van der Waals surface area contributed by atoms with Crippen LogP contribution in [0.25, 0.3) is 0 Å². The van der Waals surface area contributed by atoms with Gasteiger partial charge in [0.2, 0.25) is 0 Å². The number of carboxylic acid groups (broad SMARTS) is 1. The first-order chi connectivity index (χ1) is 6.59. The minimum absolute atomic E-state index is 0.114. The molecule has 2 N–H and O–H groups in total. The molecule has 2 atom stereocenters. The summed E-state index contributed by atoms with van der Waals surface area (Å²) in [5, 5.41) is 12.0. The number of hydrogen-bond acceptors (Lipinski definition) is 5. The Morgan fingerprint density at radius 1 is 1.64 bits per heavy atom. The Kier molecular flexibility index (Phi) is 4.77. The quantitative estimate of drug-likeness (QED) is 0.750. The molecule has 0 amide bonds. The molecule has 0 aromatic heterocycles. The van der Waals surface area contributed by atoms with Crippen molar-refractivity contribution in [1.82, 2.24) is 5.32 Å². The zero-order valence-electron chi connectivity index (χ0n) is 7.86. The lowest BCUT2D eigenvalue weighted by atomic mass is 10.3. The lowest BCUT2D eigenvalue weighted by Gasteiger charge is -2.09. The van der Waals surface area contributed by atoms with Crippen molar-refractivity contribution in [2.45, 2.75) is 24.8 Å². The summed E-state index contributed by atoms with van der Waals surface area (Å²) in [4.78, 5) is 21.2. The van der Waals surface area contributed by atoms with Crippen LogP contribution in [0.1, 0.15) is 13.3 Å². The molecule has 0 aromatic carbocycles. The van der Waals surface area contributed by atoms with Gasteiger partial charge in [0.25, 0.3) is 0 Å². The second kappa shape index (κ2) is 5.63. The van der Waals surface area contributed by atoms with Crippen molar-refractivity contribution in [2.75, 3.05) is 11.5 Å². The van der Waals surface area contributed by atoms with Gasteiger partial charge in [-0.2, -0.15) is 0 Å². The van der Waals surface area contributed by atoms with Crippen molar-refractivity contribution in [1.29, 1.82) is 0 Å². The summed E-state index contributed by atoms with van der Waals surface area (Å²) in [6.45, 7) is 1.54. The maximum absolute atomic E-state index is 10.6. The molecule has 1 heterocycles. The Morgan fingerprint density at radius 2 is 2.36 bits per heavy atom. The summed E-state index contributed by atoms with van der Waals surface area (Å²) in [5.41, 5.74) is 0. The third kappa shape index (κ3) is 3.89. The van der Waals surface area contributed by atoms with Gasteiger partial charge in [-0.25, -0.2) is 0 Å². The molecule has 1 aliphatic heterocycles. The number of rotatable bonds is 4. The van der Waals surface area contributed by atoms with Gasteiger partial charge in [-0.15, -0.1) is 11.8 Å². The average molecular weight is 235 g/mol. The summed E-state index contributed by atoms with van der Waals surface area (Å²) in [6, 6.07) is -0.424. The van der Waals surface area contributed by atoms with E-state index in [1.54, 1.807) is 18.7 Å². The summed E-state index contributed by atoms with van der Waals surface area (Å²) in [7, 11) is 0. The summed E-state index contributed by atoms with van der Waals surface area (Å²) < 4.78 is 0. The first kappa shape index (κ1) is 11.9. The van der Waals surface area contributed by atoms with Crippen LogP contribution in [-0.4, -0.2) is 39.1 Å². The Hall–Kier alpha value is -0.200. The molecule has 0 saturated carbocycles. The predicted octanol–water partition coefficient (Wildman–Crippen LogP) is 0.772. The largest absolute Gasteiger partial charge is 0.480 e. The van der Waals surface area contributed by atoms with Crippen LogP contribution in [0.3, 0.4) is 0 Å². The fourth-order valence-corrected chi connectivity index (χ4v) is 3.15. The molecule has 1 fully saturated rings. The van der Waals surface area contributed by atoms with Crippen molar-refractivity contribution >= 4 is 34.6 Å². The van der Waals surface area contributed by atoms with Crippen LogP contribution in [0.4, 0.5) is 0 Å². The standard InChI is InChI=1S/C8H13NO3S2/c1-5(10)13-3-2-7-9-6(4-14-7)8(11)12/h6-7,9H,2-4H2,1H3,(H,11,12)/t6-,7?/m0/s1. The van der Waals surface area contributed by atoms with Gasteiger partial charge in [-0.3, -0.25) is 14.9 Å².